The van der Waals surface area contributed by atoms with Crippen LogP contribution in [-0.2, 0) is 13.1 Å². The van der Waals surface area contributed by atoms with Crippen LogP contribution in [0, 0.1) is 13.8 Å². The Kier molecular flexibility index (Phi) is 7.34. The molecule has 2 aromatic rings. The van der Waals surface area contributed by atoms with Crippen LogP contribution >= 0.6 is 0 Å². The molecule has 0 spiro atoms. The lowest BCUT2D eigenvalue weighted by molar-refractivity contribution is 0.324. The number of hydrogen-bond acceptors (Lipinski definition) is 6. The maximum atomic E-state index is 5.59. The van der Waals surface area contributed by atoms with E-state index in [0.717, 1.165) is 23.6 Å². The molecule has 0 atom stereocenters. The van der Waals surface area contributed by atoms with E-state index in [-0.39, 0.29) is 0 Å². The van der Waals surface area contributed by atoms with Crippen LogP contribution in [0.5, 0.6) is 17.2 Å². The Morgan fingerprint density at radius 2 is 1.74 bits per heavy atom. The Balaban J connectivity index is 2.13. The molecule has 0 bridgehead atoms. The zero-order chi connectivity index (χ0) is 19.8. The molecule has 0 radical (unpaired) electrons. The predicted octanol–water partition coefficient (Wildman–Crippen LogP) is 2.57. The lowest BCUT2D eigenvalue weighted by atomic mass is 10.2. The van der Waals surface area contributed by atoms with Gasteiger partial charge in [0.15, 0.2) is 17.5 Å². The van der Waals surface area contributed by atoms with E-state index in [0.29, 0.717) is 42.2 Å². The van der Waals surface area contributed by atoms with Crippen molar-refractivity contribution in [2.24, 2.45) is 4.99 Å². The Bertz CT molecular complexity index is 742. The largest absolute Gasteiger partial charge is 0.493 e. The van der Waals surface area contributed by atoms with Crippen molar-refractivity contribution in [3.8, 4) is 17.2 Å². The third-order valence-electron chi connectivity index (χ3n) is 3.97. The topological polar surface area (TPSA) is 90.1 Å². The van der Waals surface area contributed by atoms with Gasteiger partial charge in [-0.25, -0.2) is 9.98 Å². The molecule has 2 rings (SSSR count). The van der Waals surface area contributed by atoms with Crippen LogP contribution in [0.2, 0.25) is 0 Å². The smallest absolute Gasteiger partial charge is 0.214 e. The van der Waals surface area contributed by atoms with Crippen molar-refractivity contribution in [1.82, 2.24) is 15.6 Å². The van der Waals surface area contributed by atoms with Crippen molar-refractivity contribution in [3.05, 3.63) is 35.0 Å². The average Bonchev–Trinajstić information content (AvgIpc) is 3.00. The molecule has 148 valence electrons. The van der Waals surface area contributed by atoms with Gasteiger partial charge in [0.1, 0.15) is 5.76 Å². The fourth-order valence-corrected chi connectivity index (χ4v) is 2.51. The van der Waals surface area contributed by atoms with Crippen molar-refractivity contribution in [1.29, 1.82) is 0 Å². The summed E-state index contributed by atoms with van der Waals surface area (Å²) in [5, 5.41) is 6.43. The summed E-state index contributed by atoms with van der Waals surface area (Å²) in [7, 11) is 4.77. The molecule has 1 heterocycles. The van der Waals surface area contributed by atoms with Crippen LogP contribution in [0.1, 0.15) is 29.8 Å². The number of methoxy groups -OCH3 is 3. The first-order valence-electron chi connectivity index (χ1n) is 8.76. The molecule has 0 unspecified atom stereocenters. The van der Waals surface area contributed by atoms with Crippen molar-refractivity contribution in [2.75, 3.05) is 27.9 Å². The van der Waals surface area contributed by atoms with Crippen LogP contribution < -0.4 is 24.8 Å². The van der Waals surface area contributed by atoms with E-state index < -0.39 is 0 Å². The molecule has 0 saturated carbocycles. The molecule has 27 heavy (non-hydrogen) atoms. The van der Waals surface area contributed by atoms with E-state index in [1.807, 2.05) is 32.9 Å². The summed E-state index contributed by atoms with van der Waals surface area (Å²) in [4.78, 5) is 8.97. The van der Waals surface area contributed by atoms with Crippen LogP contribution in [0.4, 0.5) is 0 Å². The zero-order valence-corrected chi connectivity index (χ0v) is 16.8. The van der Waals surface area contributed by atoms with Crippen molar-refractivity contribution in [3.63, 3.8) is 0 Å². The maximum absolute atomic E-state index is 5.59. The first-order valence-corrected chi connectivity index (χ1v) is 8.76. The molecule has 8 nitrogen and oxygen atoms in total. The van der Waals surface area contributed by atoms with E-state index in [4.69, 9.17) is 18.6 Å². The summed E-state index contributed by atoms with van der Waals surface area (Å²) in [6.45, 7) is 7.47. The standard InChI is InChI=1S/C19H28N4O4/c1-7-20-19(22-11-17-23-12(2)13(3)27-17)21-10-14-8-15(24-4)18(26-6)16(9-14)25-5/h8-9H,7,10-11H2,1-6H3,(H2,20,21,22). The van der Waals surface area contributed by atoms with Gasteiger partial charge in [0.25, 0.3) is 0 Å². The van der Waals surface area contributed by atoms with Gasteiger partial charge in [0.05, 0.1) is 40.1 Å². The quantitative estimate of drug-likeness (QED) is 0.540. The Morgan fingerprint density at radius 3 is 2.22 bits per heavy atom. The van der Waals surface area contributed by atoms with Crippen LogP contribution in [-0.4, -0.2) is 38.8 Å². The summed E-state index contributed by atoms with van der Waals surface area (Å²) >= 11 is 0. The molecule has 0 aliphatic heterocycles. The van der Waals surface area contributed by atoms with Crippen LogP contribution in [0.25, 0.3) is 0 Å². The number of hydrogen-bond donors (Lipinski definition) is 2. The van der Waals surface area contributed by atoms with E-state index in [9.17, 15) is 0 Å². The lowest BCUT2D eigenvalue weighted by Crippen LogP contribution is -2.36. The molecule has 0 saturated heterocycles. The minimum atomic E-state index is 0.440. The summed E-state index contributed by atoms with van der Waals surface area (Å²) < 4.78 is 21.7. The second kappa shape index (κ2) is 9.70. The molecule has 1 aromatic heterocycles. The summed E-state index contributed by atoms with van der Waals surface area (Å²) in [6.07, 6.45) is 0. The number of aliphatic imine (C=N–C) groups is 1. The summed E-state index contributed by atoms with van der Waals surface area (Å²) in [5.74, 6) is 3.89. The van der Waals surface area contributed by atoms with E-state index in [2.05, 4.69) is 20.6 Å². The van der Waals surface area contributed by atoms with E-state index in [1.165, 1.54) is 0 Å². The number of aryl methyl sites for hydroxylation is 2. The van der Waals surface area contributed by atoms with Gasteiger partial charge in [-0.1, -0.05) is 0 Å². The number of benzene rings is 1. The SMILES string of the molecule is CCNC(=NCc1cc(OC)c(OC)c(OC)c1)NCc1nc(C)c(C)o1. The predicted molar refractivity (Wildman–Crippen MR) is 104 cm³/mol. The third-order valence-corrected chi connectivity index (χ3v) is 3.97. The lowest BCUT2D eigenvalue weighted by Gasteiger charge is -2.14. The molecule has 2 N–H and O–H groups in total. The minimum Gasteiger partial charge on any atom is -0.493 e. The average molecular weight is 376 g/mol. The van der Waals surface area contributed by atoms with Gasteiger partial charge in [0.2, 0.25) is 11.6 Å². The molecular formula is C19H28N4O4. The molecule has 8 heteroatoms. The van der Waals surface area contributed by atoms with Crippen molar-refractivity contribution >= 4 is 5.96 Å². The van der Waals surface area contributed by atoms with E-state index in [1.54, 1.807) is 21.3 Å². The third kappa shape index (κ3) is 5.29. The van der Waals surface area contributed by atoms with Gasteiger partial charge < -0.3 is 29.3 Å². The van der Waals surface area contributed by atoms with Crippen molar-refractivity contribution < 1.29 is 18.6 Å². The fourth-order valence-electron chi connectivity index (χ4n) is 2.51. The highest BCUT2D eigenvalue weighted by Gasteiger charge is 2.13. The number of nitrogens with zero attached hydrogens (tertiary/aromatic N) is 2. The van der Waals surface area contributed by atoms with Gasteiger partial charge in [-0.05, 0) is 38.5 Å². The zero-order valence-electron chi connectivity index (χ0n) is 16.8. The van der Waals surface area contributed by atoms with Crippen molar-refractivity contribution in [2.45, 2.75) is 33.9 Å². The first kappa shape index (κ1) is 20.4. The first-order chi connectivity index (χ1) is 13.0. The fraction of sp³-hybridized carbons (Fsp3) is 0.474. The Hall–Kier alpha value is -2.90. The Morgan fingerprint density at radius 1 is 1.07 bits per heavy atom. The Labute approximate surface area is 159 Å². The molecule has 0 aliphatic carbocycles. The number of guanidine groups is 1. The van der Waals surface area contributed by atoms with Crippen LogP contribution in [0.15, 0.2) is 21.5 Å². The molecular weight excluding hydrogens is 348 g/mol. The monoisotopic (exact) mass is 376 g/mol. The summed E-state index contributed by atoms with van der Waals surface area (Å²) in [5.41, 5.74) is 1.83. The summed E-state index contributed by atoms with van der Waals surface area (Å²) in [6, 6.07) is 3.77. The second-order valence-corrected chi connectivity index (χ2v) is 5.83. The van der Waals surface area contributed by atoms with Gasteiger partial charge in [-0.15, -0.1) is 0 Å². The number of oxazole rings is 1. The number of nitrogens with one attached hydrogen (secondary N) is 2. The van der Waals surface area contributed by atoms with Gasteiger partial charge in [-0.2, -0.15) is 0 Å². The normalized spacial score (nSPS) is 11.3. The van der Waals surface area contributed by atoms with Gasteiger partial charge in [-0.3, -0.25) is 0 Å². The van der Waals surface area contributed by atoms with Gasteiger partial charge >= 0.3 is 0 Å². The number of rotatable bonds is 8. The second-order valence-electron chi connectivity index (χ2n) is 5.83. The highest BCUT2D eigenvalue weighted by molar-refractivity contribution is 5.79. The highest BCUT2D eigenvalue weighted by Crippen LogP contribution is 2.38. The molecule has 0 aliphatic rings. The van der Waals surface area contributed by atoms with Crippen LogP contribution in [0.3, 0.4) is 0 Å². The van der Waals surface area contributed by atoms with E-state index >= 15 is 0 Å². The number of ether oxygens (including phenoxy) is 3. The highest BCUT2D eigenvalue weighted by atomic mass is 16.5. The molecule has 1 aromatic carbocycles. The number of aromatic nitrogens is 1. The maximum Gasteiger partial charge on any atom is 0.214 e. The molecule has 0 fully saturated rings. The van der Waals surface area contributed by atoms with Gasteiger partial charge in [0, 0.05) is 6.54 Å². The molecule has 0 amide bonds. The minimum absolute atomic E-state index is 0.440.